The monoisotopic (exact) mass is 455 g/mol. The van der Waals surface area contributed by atoms with Gasteiger partial charge in [-0.15, -0.1) is 0 Å². The molecule has 0 aliphatic carbocycles. The van der Waals surface area contributed by atoms with Crippen molar-refractivity contribution in [3.63, 3.8) is 0 Å². The quantitative estimate of drug-likeness (QED) is 0.362. The van der Waals surface area contributed by atoms with Crippen LogP contribution < -0.4 is 10.1 Å². The van der Waals surface area contributed by atoms with Gasteiger partial charge in [0, 0.05) is 19.1 Å². The second kappa shape index (κ2) is 9.79. The first-order valence-electron chi connectivity index (χ1n) is 11.2. The van der Waals surface area contributed by atoms with Crippen LogP contribution in [0.15, 0.2) is 73.4 Å². The molecule has 2 N–H and O–H groups in total. The number of ether oxygens (including phenoxy) is 1. The van der Waals surface area contributed by atoms with E-state index >= 15 is 0 Å². The van der Waals surface area contributed by atoms with Gasteiger partial charge in [-0.3, -0.25) is 10.2 Å². The number of rotatable bonds is 8. The molecule has 2 heterocycles. The molecular formula is C27H29N5O2. The molecule has 0 atom stereocenters. The zero-order chi connectivity index (χ0) is 24.2. The fourth-order valence-electron chi connectivity index (χ4n) is 4.07. The van der Waals surface area contributed by atoms with E-state index in [-0.39, 0.29) is 17.8 Å². The van der Waals surface area contributed by atoms with Crippen LogP contribution in [0.2, 0.25) is 0 Å². The van der Waals surface area contributed by atoms with Gasteiger partial charge in [-0.1, -0.05) is 36.9 Å². The van der Waals surface area contributed by atoms with Gasteiger partial charge in [0.05, 0.1) is 18.4 Å². The van der Waals surface area contributed by atoms with Crippen molar-refractivity contribution in [2.24, 2.45) is 0 Å². The summed E-state index contributed by atoms with van der Waals surface area (Å²) >= 11 is 0. The molecule has 0 saturated carbocycles. The van der Waals surface area contributed by atoms with Crippen molar-refractivity contribution in [1.29, 1.82) is 5.41 Å². The van der Waals surface area contributed by atoms with Crippen molar-refractivity contribution in [3.8, 4) is 5.75 Å². The van der Waals surface area contributed by atoms with E-state index in [1.165, 1.54) is 0 Å². The minimum Gasteiger partial charge on any atom is -0.497 e. The highest BCUT2D eigenvalue weighted by Gasteiger charge is 2.30. The zero-order valence-electron chi connectivity index (χ0n) is 19.7. The molecule has 0 bridgehead atoms. The SMILES string of the molecule is C=CN(C(=N)c1cccc(Nc2cccc3c2C(=O)N(Cc2ccc(OC)cc2)C3)n1)C(C)C. The van der Waals surface area contributed by atoms with E-state index in [4.69, 9.17) is 10.1 Å². The largest absolute Gasteiger partial charge is 0.497 e. The second-order valence-electron chi connectivity index (χ2n) is 8.41. The maximum absolute atomic E-state index is 13.3. The predicted octanol–water partition coefficient (Wildman–Crippen LogP) is 5.17. The summed E-state index contributed by atoms with van der Waals surface area (Å²) in [6.45, 7) is 8.87. The van der Waals surface area contributed by atoms with Crippen LogP contribution in [-0.2, 0) is 13.1 Å². The Morgan fingerprint density at radius 1 is 1.21 bits per heavy atom. The van der Waals surface area contributed by atoms with Gasteiger partial charge in [-0.05, 0) is 61.5 Å². The molecule has 0 saturated heterocycles. The number of benzene rings is 2. The molecule has 1 amide bonds. The number of amidine groups is 1. The molecule has 7 nitrogen and oxygen atoms in total. The number of nitrogens with zero attached hydrogens (tertiary/aromatic N) is 3. The minimum absolute atomic E-state index is 0.0181. The highest BCUT2D eigenvalue weighted by atomic mass is 16.5. The highest BCUT2D eigenvalue weighted by Crippen LogP contribution is 2.32. The van der Waals surface area contributed by atoms with Crippen LogP contribution in [-0.4, -0.2) is 39.7 Å². The molecular weight excluding hydrogens is 426 g/mol. The van der Waals surface area contributed by atoms with E-state index in [1.54, 1.807) is 24.3 Å². The fraction of sp³-hybridized carbons (Fsp3) is 0.222. The van der Waals surface area contributed by atoms with E-state index in [1.807, 2.05) is 73.3 Å². The smallest absolute Gasteiger partial charge is 0.256 e. The molecule has 4 rings (SSSR count). The van der Waals surface area contributed by atoms with Crippen molar-refractivity contribution in [1.82, 2.24) is 14.8 Å². The van der Waals surface area contributed by atoms with Gasteiger partial charge >= 0.3 is 0 Å². The van der Waals surface area contributed by atoms with Gasteiger partial charge in [-0.25, -0.2) is 4.98 Å². The lowest BCUT2D eigenvalue weighted by atomic mass is 10.1. The number of carbonyl (C=O) groups is 1. The van der Waals surface area contributed by atoms with E-state index in [0.717, 1.165) is 16.9 Å². The topological polar surface area (TPSA) is 81.6 Å². The fourth-order valence-corrected chi connectivity index (χ4v) is 4.07. The summed E-state index contributed by atoms with van der Waals surface area (Å²) in [6.07, 6.45) is 1.63. The van der Waals surface area contributed by atoms with Crippen molar-refractivity contribution in [2.45, 2.75) is 33.0 Å². The molecule has 1 aliphatic rings. The first-order chi connectivity index (χ1) is 16.4. The van der Waals surface area contributed by atoms with E-state index in [0.29, 0.717) is 35.9 Å². The van der Waals surface area contributed by atoms with Gasteiger partial charge in [0.25, 0.3) is 5.91 Å². The summed E-state index contributed by atoms with van der Waals surface area (Å²) in [5.41, 5.74) is 3.92. The zero-order valence-corrected chi connectivity index (χ0v) is 19.7. The number of aromatic nitrogens is 1. The summed E-state index contributed by atoms with van der Waals surface area (Å²) in [5, 5.41) is 11.8. The third kappa shape index (κ3) is 4.64. The predicted molar refractivity (Wildman–Crippen MR) is 135 cm³/mol. The van der Waals surface area contributed by atoms with Crippen LogP contribution >= 0.6 is 0 Å². The number of carbonyl (C=O) groups excluding carboxylic acids is 1. The van der Waals surface area contributed by atoms with Crippen LogP contribution in [0, 0.1) is 5.41 Å². The third-order valence-electron chi connectivity index (χ3n) is 5.81. The number of pyridine rings is 1. The lowest BCUT2D eigenvalue weighted by molar-refractivity contribution is 0.0767. The van der Waals surface area contributed by atoms with Gasteiger partial charge in [0.1, 0.15) is 17.3 Å². The summed E-state index contributed by atoms with van der Waals surface area (Å²) in [6, 6.07) is 19.1. The third-order valence-corrected chi connectivity index (χ3v) is 5.81. The normalized spacial score (nSPS) is 12.5. The van der Waals surface area contributed by atoms with Gasteiger partial charge < -0.3 is 19.9 Å². The first-order valence-corrected chi connectivity index (χ1v) is 11.2. The molecule has 0 unspecified atom stereocenters. The molecule has 174 valence electrons. The Balaban J connectivity index is 1.54. The number of hydrogen-bond donors (Lipinski definition) is 2. The Morgan fingerprint density at radius 3 is 2.62 bits per heavy atom. The molecule has 7 heteroatoms. The Hall–Kier alpha value is -4.13. The Kier molecular flexibility index (Phi) is 6.63. The minimum atomic E-state index is -0.0181. The molecule has 0 spiro atoms. The van der Waals surface area contributed by atoms with Crippen LogP contribution in [0.3, 0.4) is 0 Å². The lowest BCUT2D eigenvalue weighted by Crippen LogP contribution is -2.32. The molecule has 2 aromatic carbocycles. The number of methoxy groups -OCH3 is 1. The Labute approximate surface area is 200 Å². The van der Waals surface area contributed by atoms with Crippen LogP contribution in [0.5, 0.6) is 5.75 Å². The molecule has 0 radical (unpaired) electrons. The van der Waals surface area contributed by atoms with Crippen molar-refractivity contribution in [2.75, 3.05) is 12.4 Å². The Bertz CT molecular complexity index is 1220. The summed E-state index contributed by atoms with van der Waals surface area (Å²) in [7, 11) is 1.64. The second-order valence-corrected chi connectivity index (χ2v) is 8.41. The average molecular weight is 456 g/mol. The molecule has 1 aromatic heterocycles. The van der Waals surface area contributed by atoms with Gasteiger partial charge in [-0.2, -0.15) is 0 Å². The van der Waals surface area contributed by atoms with Crippen molar-refractivity contribution < 1.29 is 9.53 Å². The van der Waals surface area contributed by atoms with Crippen LogP contribution in [0.25, 0.3) is 0 Å². The standard InChI is InChI=1S/C27H29N5O2/c1-5-32(18(2)3)26(28)23-10-7-11-24(30-23)29-22-9-6-8-20-17-31(27(33)25(20)22)16-19-12-14-21(34-4)15-13-19/h5-15,18,28H,1,16-17H2,2-4H3,(H,29,30). The summed E-state index contributed by atoms with van der Waals surface area (Å²) in [4.78, 5) is 21.5. The average Bonchev–Trinajstić information content (AvgIpc) is 3.16. The number of nitrogens with one attached hydrogen (secondary N) is 2. The van der Waals surface area contributed by atoms with Crippen molar-refractivity contribution >= 4 is 23.2 Å². The maximum Gasteiger partial charge on any atom is 0.256 e. The van der Waals surface area contributed by atoms with Gasteiger partial charge in [0.2, 0.25) is 0 Å². The number of fused-ring (bicyclic) bond motifs is 1. The van der Waals surface area contributed by atoms with E-state index in [2.05, 4.69) is 16.9 Å². The summed E-state index contributed by atoms with van der Waals surface area (Å²) < 4.78 is 5.22. The van der Waals surface area contributed by atoms with Gasteiger partial charge in [0.15, 0.2) is 5.84 Å². The summed E-state index contributed by atoms with van der Waals surface area (Å²) in [5.74, 6) is 1.62. The molecule has 34 heavy (non-hydrogen) atoms. The van der Waals surface area contributed by atoms with Crippen LogP contribution in [0.4, 0.5) is 11.5 Å². The molecule has 3 aromatic rings. The van der Waals surface area contributed by atoms with Crippen LogP contribution in [0.1, 0.15) is 41.0 Å². The molecule has 0 fully saturated rings. The lowest BCUT2D eigenvalue weighted by Gasteiger charge is -2.24. The van der Waals surface area contributed by atoms with Crippen molar-refractivity contribution in [3.05, 3.63) is 95.8 Å². The maximum atomic E-state index is 13.3. The number of anilines is 2. The number of amides is 1. The van der Waals surface area contributed by atoms with E-state index in [9.17, 15) is 4.79 Å². The highest BCUT2D eigenvalue weighted by molar-refractivity contribution is 6.04. The Morgan fingerprint density at radius 2 is 1.94 bits per heavy atom. The number of hydrogen-bond acceptors (Lipinski definition) is 5. The first kappa shape index (κ1) is 23.0. The van der Waals surface area contributed by atoms with E-state index < -0.39 is 0 Å². The molecule has 1 aliphatic heterocycles.